The minimum Gasteiger partial charge on any atom is -0.493 e. The fourth-order valence-corrected chi connectivity index (χ4v) is 1.93. The first-order chi connectivity index (χ1) is 11.0. The number of benzene rings is 1. The van der Waals surface area contributed by atoms with Gasteiger partial charge in [0, 0.05) is 5.56 Å². The third-order valence-corrected chi connectivity index (χ3v) is 2.94. The van der Waals surface area contributed by atoms with Crippen molar-refractivity contribution in [3.63, 3.8) is 0 Å². The predicted molar refractivity (Wildman–Crippen MR) is 88.2 cm³/mol. The second kappa shape index (κ2) is 7.58. The third kappa shape index (κ3) is 4.67. The zero-order valence-corrected chi connectivity index (χ0v) is 13.6. The summed E-state index contributed by atoms with van der Waals surface area (Å²) in [7, 11) is 0. The third-order valence-electron chi connectivity index (χ3n) is 2.94. The fourth-order valence-electron chi connectivity index (χ4n) is 1.93. The summed E-state index contributed by atoms with van der Waals surface area (Å²) in [5.74, 6) is 0.684. The molecule has 0 amide bonds. The Morgan fingerprint density at radius 2 is 2.04 bits per heavy atom. The molecule has 0 bridgehead atoms. The molecule has 2 aromatic rings. The van der Waals surface area contributed by atoms with Crippen molar-refractivity contribution in [3.05, 3.63) is 36.0 Å². The smallest absolute Gasteiger partial charge is 0.357 e. The minimum absolute atomic E-state index is 0.0269. The molecule has 1 heterocycles. The maximum atomic E-state index is 11.8. The molecule has 0 fully saturated rings. The van der Waals surface area contributed by atoms with Crippen molar-refractivity contribution in [2.45, 2.75) is 20.8 Å². The van der Waals surface area contributed by atoms with Gasteiger partial charge >= 0.3 is 5.97 Å². The molecule has 2 rings (SSSR count). The SMILES string of the molecule is CCOC(=O)c1cc(-c2cccc(OCC(C)C)c2)nc(N)n1. The van der Waals surface area contributed by atoms with E-state index in [1.165, 1.54) is 0 Å². The Morgan fingerprint density at radius 1 is 1.26 bits per heavy atom. The van der Waals surface area contributed by atoms with E-state index < -0.39 is 5.97 Å². The van der Waals surface area contributed by atoms with Crippen molar-refractivity contribution >= 4 is 11.9 Å². The second-order valence-corrected chi connectivity index (χ2v) is 5.45. The topological polar surface area (TPSA) is 87.3 Å². The van der Waals surface area contributed by atoms with Crippen LogP contribution in [0.2, 0.25) is 0 Å². The average Bonchev–Trinajstić information content (AvgIpc) is 2.53. The van der Waals surface area contributed by atoms with Crippen molar-refractivity contribution < 1.29 is 14.3 Å². The highest BCUT2D eigenvalue weighted by Crippen LogP contribution is 2.24. The van der Waals surface area contributed by atoms with Gasteiger partial charge in [0.15, 0.2) is 5.69 Å². The number of rotatable bonds is 6. The highest BCUT2D eigenvalue weighted by atomic mass is 16.5. The van der Waals surface area contributed by atoms with Crippen molar-refractivity contribution in [1.82, 2.24) is 9.97 Å². The number of nitrogen functional groups attached to an aromatic ring is 1. The molecule has 0 aliphatic carbocycles. The van der Waals surface area contributed by atoms with E-state index in [0.717, 1.165) is 11.3 Å². The maximum Gasteiger partial charge on any atom is 0.357 e. The van der Waals surface area contributed by atoms with Gasteiger partial charge in [-0.3, -0.25) is 0 Å². The molecule has 6 nitrogen and oxygen atoms in total. The molecule has 0 saturated carbocycles. The number of anilines is 1. The molecule has 0 aliphatic rings. The number of carbonyl (C=O) groups is 1. The van der Waals surface area contributed by atoms with E-state index in [2.05, 4.69) is 23.8 Å². The first kappa shape index (κ1) is 16.7. The van der Waals surface area contributed by atoms with Crippen LogP contribution < -0.4 is 10.5 Å². The van der Waals surface area contributed by atoms with Gasteiger partial charge in [-0.25, -0.2) is 14.8 Å². The summed E-state index contributed by atoms with van der Waals surface area (Å²) in [4.78, 5) is 19.9. The Kier molecular flexibility index (Phi) is 5.51. The van der Waals surface area contributed by atoms with Gasteiger partial charge in [0.05, 0.1) is 18.9 Å². The monoisotopic (exact) mass is 315 g/mol. The number of aromatic nitrogens is 2. The summed E-state index contributed by atoms with van der Waals surface area (Å²) in [6.45, 7) is 6.81. The van der Waals surface area contributed by atoms with Crippen molar-refractivity contribution in [2.75, 3.05) is 18.9 Å². The van der Waals surface area contributed by atoms with Gasteiger partial charge in [-0.2, -0.15) is 0 Å². The largest absolute Gasteiger partial charge is 0.493 e. The number of hydrogen-bond donors (Lipinski definition) is 1. The van der Waals surface area contributed by atoms with Crippen LogP contribution in [-0.4, -0.2) is 29.2 Å². The van der Waals surface area contributed by atoms with Crippen molar-refractivity contribution in [1.29, 1.82) is 0 Å². The van der Waals surface area contributed by atoms with Crippen LogP contribution in [0.3, 0.4) is 0 Å². The van der Waals surface area contributed by atoms with Crippen LogP contribution in [0, 0.1) is 5.92 Å². The van der Waals surface area contributed by atoms with Crippen molar-refractivity contribution in [3.8, 4) is 17.0 Å². The molecule has 0 unspecified atom stereocenters. The van der Waals surface area contributed by atoms with Crippen LogP contribution in [0.1, 0.15) is 31.3 Å². The lowest BCUT2D eigenvalue weighted by Crippen LogP contribution is -2.10. The Morgan fingerprint density at radius 3 is 2.74 bits per heavy atom. The van der Waals surface area contributed by atoms with Gasteiger partial charge in [-0.15, -0.1) is 0 Å². The number of ether oxygens (including phenoxy) is 2. The van der Waals surface area contributed by atoms with Crippen LogP contribution in [0.15, 0.2) is 30.3 Å². The highest BCUT2D eigenvalue weighted by molar-refractivity contribution is 5.88. The molecule has 1 aromatic carbocycles. The lowest BCUT2D eigenvalue weighted by molar-refractivity contribution is 0.0519. The van der Waals surface area contributed by atoms with Gasteiger partial charge in [-0.1, -0.05) is 26.0 Å². The summed E-state index contributed by atoms with van der Waals surface area (Å²) in [6.07, 6.45) is 0. The number of hydrogen-bond acceptors (Lipinski definition) is 6. The molecule has 0 aliphatic heterocycles. The van der Waals surface area contributed by atoms with E-state index in [1.807, 2.05) is 24.3 Å². The molecule has 23 heavy (non-hydrogen) atoms. The molecule has 0 spiro atoms. The number of nitrogens with zero attached hydrogens (tertiary/aromatic N) is 2. The Labute approximate surface area is 135 Å². The lowest BCUT2D eigenvalue weighted by atomic mass is 10.1. The van der Waals surface area contributed by atoms with Crippen LogP contribution in [0.5, 0.6) is 5.75 Å². The maximum absolute atomic E-state index is 11.8. The first-order valence-electron chi connectivity index (χ1n) is 7.54. The number of nitrogens with two attached hydrogens (primary N) is 1. The summed E-state index contributed by atoms with van der Waals surface area (Å²) in [5.41, 5.74) is 7.20. The van der Waals surface area contributed by atoms with Crippen LogP contribution in [0.4, 0.5) is 5.95 Å². The van der Waals surface area contributed by atoms with Crippen LogP contribution >= 0.6 is 0 Å². The standard InChI is InChI=1S/C17H21N3O3/c1-4-22-16(21)15-9-14(19-17(18)20-15)12-6-5-7-13(8-12)23-10-11(2)3/h5-9,11H,4,10H2,1-3H3,(H2,18,19,20). The molecule has 0 atom stereocenters. The average molecular weight is 315 g/mol. The molecule has 2 N–H and O–H groups in total. The Bertz CT molecular complexity index is 687. The number of carbonyl (C=O) groups excluding carboxylic acids is 1. The van der Waals surface area contributed by atoms with Gasteiger partial charge in [0.2, 0.25) is 5.95 Å². The van der Waals surface area contributed by atoms with E-state index in [-0.39, 0.29) is 18.2 Å². The Hall–Kier alpha value is -2.63. The fraction of sp³-hybridized carbons (Fsp3) is 0.353. The molecule has 6 heteroatoms. The zero-order valence-electron chi connectivity index (χ0n) is 13.6. The van der Waals surface area contributed by atoms with Crippen molar-refractivity contribution in [2.24, 2.45) is 5.92 Å². The molecule has 1 aromatic heterocycles. The summed E-state index contributed by atoms with van der Waals surface area (Å²) >= 11 is 0. The molecule has 0 radical (unpaired) electrons. The second-order valence-electron chi connectivity index (χ2n) is 5.45. The van der Waals surface area contributed by atoms with E-state index in [0.29, 0.717) is 18.2 Å². The summed E-state index contributed by atoms with van der Waals surface area (Å²) in [6, 6.07) is 9.05. The zero-order chi connectivity index (χ0) is 16.8. The lowest BCUT2D eigenvalue weighted by Gasteiger charge is -2.10. The molecule has 0 saturated heterocycles. The molecular formula is C17H21N3O3. The van der Waals surface area contributed by atoms with E-state index in [9.17, 15) is 4.79 Å². The van der Waals surface area contributed by atoms with E-state index in [1.54, 1.807) is 13.0 Å². The Balaban J connectivity index is 2.30. The first-order valence-corrected chi connectivity index (χ1v) is 7.54. The van der Waals surface area contributed by atoms with Crippen LogP contribution in [-0.2, 0) is 4.74 Å². The minimum atomic E-state index is -0.518. The van der Waals surface area contributed by atoms with Gasteiger partial charge in [0.25, 0.3) is 0 Å². The molecule has 122 valence electrons. The summed E-state index contributed by atoms with van der Waals surface area (Å²) < 4.78 is 10.7. The van der Waals surface area contributed by atoms with E-state index in [4.69, 9.17) is 15.2 Å². The van der Waals surface area contributed by atoms with Gasteiger partial charge in [0.1, 0.15) is 5.75 Å². The van der Waals surface area contributed by atoms with Crippen LogP contribution in [0.25, 0.3) is 11.3 Å². The predicted octanol–water partition coefficient (Wildman–Crippen LogP) is 2.94. The van der Waals surface area contributed by atoms with Gasteiger partial charge < -0.3 is 15.2 Å². The van der Waals surface area contributed by atoms with E-state index >= 15 is 0 Å². The normalized spacial score (nSPS) is 10.6. The van der Waals surface area contributed by atoms with Gasteiger partial charge in [-0.05, 0) is 31.0 Å². The molecular weight excluding hydrogens is 294 g/mol. The quantitative estimate of drug-likeness (QED) is 0.825. The highest BCUT2D eigenvalue weighted by Gasteiger charge is 2.13. The summed E-state index contributed by atoms with van der Waals surface area (Å²) in [5, 5.41) is 0. The number of esters is 1.